The van der Waals surface area contributed by atoms with Gasteiger partial charge in [0.25, 0.3) is 5.91 Å². The van der Waals surface area contributed by atoms with Crippen LogP contribution in [0.5, 0.6) is 0 Å². The molecule has 0 aliphatic carbocycles. The maximum atomic E-state index is 12.9. The van der Waals surface area contributed by atoms with Crippen LogP contribution in [0.4, 0.5) is 35.9 Å². The van der Waals surface area contributed by atoms with E-state index < -0.39 is 23.1 Å². The lowest BCUT2D eigenvalue weighted by atomic mass is 9.95. The third-order valence-electron chi connectivity index (χ3n) is 5.11. The first kappa shape index (κ1) is 27.3. The Hall–Kier alpha value is -4.34. The van der Waals surface area contributed by atoms with Gasteiger partial charge in [0, 0.05) is 33.7 Å². The normalized spacial score (nSPS) is 11.4. The Morgan fingerprint density at radius 2 is 1.27 bits per heavy atom. The predicted octanol–water partition coefficient (Wildman–Crippen LogP) is 5.99. The highest BCUT2D eigenvalue weighted by Crippen LogP contribution is 2.30. The summed E-state index contributed by atoms with van der Waals surface area (Å²) in [6.07, 6.45) is -4.53. The molecule has 0 heterocycles. The van der Waals surface area contributed by atoms with Crippen LogP contribution in [0.3, 0.4) is 0 Å². The van der Waals surface area contributed by atoms with Crippen LogP contribution in [0.25, 0.3) is 0 Å². The number of hydrogen-bond donors (Lipinski definition) is 4. The molecule has 0 fully saturated rings. The van der Waals surface area contributed by atoms with Crippen molar-refractivity contribution in [1.82, 2.24) is 0 Å². The Kier molecular flexibility index (Phi) is 8.21. The minimum Gasteiger partial charge on any atom is -0.376 e. The summed E-state index contributed by atoms with van der Waals surface area (Å²) in [5.41, 5.74) is 0.281. The van der Waals surface area contributed by atoms with Gasteiger partial charge >= 0.3 is 6.18 Å². The monoisotopic (exact) mass is 512 g/mol. The zero-order valence-electron chi connectivity index (χ0n) is 20.5. The van der Waals surface area contributed by atoms with E-state index in [1.807, 2.05) is 0 Å². The lowest BCUT2D eigenvalue weighted by Gasteiger charge is -2.18. The Labute approximate surface area is 212 Å². The molecule has 0 bridgehead atoms. The van der Waals surface area contributed by atoms with E-state index >= 15 is 0 Å². The van der Waals surface area contributed by atoms with E-state index in [4.69, 9.17) is 0 Å². The molecular formula is C27H27F3N4O3. The Morgan fingerprint density at radius 1 is 0.703 bits per heavy atom. The zero-order chi connectivity index (χ0) is 27.2. The summed E-state index contributed by atoms with van der Waals surface area (Å²) >= 11 is 0. The van der Waals surface area contributed by atoms with Crippen molar-refractivity contribution in [2.75, 3.05) is 27.8 Å². The van der Waals surface area contributed by atoms with Gasteiger partial charge in [-0.05, 0) is 54.6 Å². The average Bonchev–Trinajstić information content (AvgIpc) is 2.82. The highest BCUT2D eigenvalue weighted by atomic mass is 19.4. The maximum Gasteiger partial charge on any atom is 0.416 e. The molecule has 37 heavy (non-hydrogen) atoms. The van der Waals surface area contributed by atoms with Gasteiger partial charge in [-0.2, -0.15) is 13.2 Å². The fourth-order valence-electron chi connectivity index (χ4n) is 3.13. The second-order valence-corrected chi connectivity index (χ2v) is 9.30. The van der Waals surface area contributed by atoms with Crippen LogP contribution in [0.15, 0.2) is 72.8 Å². The average molecular weight is 513 g/mol. The van der Waals surface area contributed by atoms with Gasteiger partial charge in [-0.25, -0.2) is 0 Å². The van der Waals surface area contributed by atoms with E-state index in [9.17, 15) is 27.6 Å². The number of halogens is 3. The number of benzene rings is 3. The van der Waals surface area contributed by atoms with Crippen LogP contribution >= 0.6 is 0 Å². The minimum absolute atomic E-state index is 0.000570. The molecular weight excluding hydrogens is 485 g/mol. The molecule has 10 heteroatoms. The SMILES string of the molecule is CC(C)(C)C(=O)Nc1cccc(NCC(=O)Nc2cccc(C(=O)Nc3cccc(C(F)(F)F)c3)c2)c1. The van der Waals surface area contributed by atoms with E-state index in [0.717, 1.165) is 12.1 Å². The molecule has 3 rings (SSSR count). The summed E-state index contributed by atoms with van der Waals surface area (Å²) in [5.74, 6) is -1.15. The summed E-state index contributed by atoms with van der Waals surface area (Å²) in [6, 6.07) is 17.3. The first-order valence-electron chi connectivity index (χ1n) is 11.4. The van der Waals surface area contributed by atoms with Crippen LogP contribution < -0.4 is 21.3 Å². The number of nitrogens with one attached hydrogen (secondary N) is 4. The number of hydrogen-bond acceptors (Lipinski definition) is 4. The third kappa shape index (κ3) is 8.09. The molecule has 3 aromatic rings. The molecule has 3 amide bonds. The topological polar surface area (TPSA) is 99.3 Å². The lowest BCUT2D eigenvalue weighted by Crippen LogP contribution is -2.27. The molecule has 0 radical (unpaired) electrons. The molecule has 0 atom stereocenters. The van der Waals surface area contributed by atoms with E-state index in [-0.39, 0.29) is 29.6 Å². The van der Waals surface area contributed by atoms with Gasteiger partial charge in [0.15, 0.2) is 0 Å². The van der Waals surface area contributed by atoms with Gasteiger partial charge in [0.1, 0.15) is 0 Å². The number of carbonyl (C=O) groups is 3. The Bertz CT molecular complexity index is 1300. The fraction of sp³-hybridized carbons (Fsp3) is 0.222. The van der Waals surface area contributed by atoms with Gasteiger partial charge in [-0.3, -0.25) is 14.4 Å². The van der Waals surface area contributed by atoms with Crippen LogP contribution in [0, 0.1) is 5.41 Å². The van der Waals surface area contributed by atoms with Crippen molar-refractivity contribution in [2.24, 2.45) is 5.41 Å². The largest absolute Gasteiger partial charge is 0.416 e. The number of rotatable bonds is 7. The smallest absolute Gasteiger partial charge is 0.376 e. The molecule has 4 N–H and O–H groups in total. The van der Waals surface area contributed by atoms with Crippen molar-refractivity contribution in [3.05, 3.63) is 83.9 Å². The van der Waals surface area contributed by atoms with E-state index in [0.29, 0.717) is 17.1 Å². The molecule has 0 saturated heterocycles. The second kappa shape index (κ2) is 11.2. The number of alkyl halides is 3. The van der Waals surface area contributed by atoms with Crippen molar-refractivity contribution in [3.63, 3.8) is 0 Å². The first-order valence-corrected chi connectivity index (χ1v) is 11.4. The van der Waals surface area contributed by atoms with Gasteiger partial charge < -0.3 is 21.3 Å². The molecule has 0 saturated carbocycles. The predicted molar refractivity (Wildman–Crippen MR) is 137 cm³/mol. The summed E-state index contributed by atoms with van der Waals surface area (Å²) in [5, 5.41) is 10.9. The lowest BCUT2D eigenvalue weighted by molar-refractivity contribution is -0.137. The second-order valence-electron chi connectivity index (χ2n) is 9.30. The van der Waals surface area contributed by atoms with Crippen molar-refractivity contribution >= 4 is 40.5 Å². The van der Waals surface area contributed by atoms with E-state index in [1.165, 1.54) is 24.3 Å². The molecule has 0 unspecified atom stereocenters. The zero-order valence-corrected chi connectivity index (χ0v) is 20.5. The molecule has 3 aromatic carbocycles. The fourth-order valence-corrected chi connectivity index (χ4v) is 3.13. The van der Waals surface area contributed by atoms with Crippen LogP contribution in [0.2, 0.25) is 0 Å². The highest BCUT2D eigenvalue weighted by molar-refractivity contribution is 6.05. The van der Waals surface area contributed by atoms with E-state index in [1.54, 1.807) is 57.2 Å². The molecule has 194 valence electrons. The van der Waals surface area contributed by atoms with Crippen LogP contribution in [-0.4, -0.2) is 24.3 Å². The quantitative estimate of drug-likeness (QED) is 0.312. The van der Waals surface area contributed by atoms with Crippen molar-refractivity contribution < 1.29 is 27.6 Å². The summed E-state index contributed by atoms with van der Waals surface area (Å²) < 4.78 is 38.7. The first-order chi connectivity index (χ1) is 17.3. The summed E-state index contributed by atoms with van der Waals surface area (Å²) in [4.78, 5) is 37.2. The third-order valence-corrected chi connectivity index (χ3v) is 5.11. The van der Waals surface area contributed by atoms with Crippen molar-refractivity contribution in [3.8, 4) is 0 Å². The standard InChI is InChI=1S/C27H27F3N4O3/c1-26(2,3)25(37)34-22-12-6-9-19(15-22)31-16-23(35)32-20-10-4-7-17(13-20)24(36)33-21-11-5-8-18(14-21)27(28,29)30/h4-15,31H,16H2,1-3H3,(H,32,35)(H,33,36)(H,34,37). The van der Waals surface area contributed by atoms with Crippen molar-refractivity contribution in [1.29, 1.82) is 0 Å². The number of carbonyl (C=O) groups excluding carboxylic acids is 3. The maximum absolute atomic E-state index is 12.9. The van der Waals surface area contributed by atoms with Gasteiger partial charge in [0.05, 0.1) is 12.1 Å². The van der Waals surface area contributed by atoms with Crippen LogP contribution in [0.1, 0.15) is 36.7 Å². The van der Waals surface area contributed by atoms with Gasteiger partial charge in [0.2, 0.25) is 11.8 Å². The van der Waals surface area contributed by atoms with Gasteiger partial charge in [-0.15, -0.1) is 0 Å². The Morgan fingerprint density at radius 3 is 1.92 bits per heavy atom. The molecule has 0 aromatic heterocycles. The van der Waals surface area contributed by atoms with E-state index in [2.05, 4.69) is 21.3 Å². The molecule has 0 spiro atoms. The molecule has 7 nitrogen and oxygen atoms in total. The molecule has 0 aliphatic rings. The Balaban J connectivity index is 1.58. The van der Waals surface area contributed by atoms with Crippen molar-refractivity contribution in [2.45, 2.75) is 26.9 Å². The summed E-state index contributed by atoms with van der Waals surface area (Å²) in [7, 11) is 0. The number of amides is 3. The molecule has 0 aliphatic heterocycles. The highest BCUT2D eigenvalue weighted by Gasteiger charge is 2.30. The van der Waals surface area contributed by atoms with Gasteiger partial charge in [-0.1, -0.05) is 39.0 Å². The summed E-state index contributed by atoms with van der Waals surface area (Å²) in [6.45, 7) is 5.33. The van der Waals surface area contributed by atoms with Crippen LogP contribution in [-0.2, 0) is 15.8 Å². The minimum atomic E-state index is -4.53. The number of anilines is 4.